The molecule has 0 aliphatic rings. The summed E-state index contributed by atoms with van der Waals surface area (Å²) < 4.78 is 0.948. The third-order valence-corrected chi connectivity index (χ3v) is 4.33. The van der Waals surface area contributed by atoms with Gasteiger partial charge in [0.05, 0.1) is 10.0 Å². The Balaban J connectivity index is 1.75. The molecule has 0 bridgehead atoms. The van der Waals surface area contributed by atoms with E-state index in [2.05, 4.69) is 41.6 Å². The Bertz CT molecular complexity index is 915. The van der Waals surface area contributed by atoms with E-state index in [9.17, 15) is 4.79 Å². The van der Waals surface area contributed by atoms with Gasteiger partial charge in [0.2, 0.25) is 5.82 Å². The van der Waals surface area contributed by atoms with Gasteiger partial charge in [-0.25, -0.2) is 4.98 Å². The maximum Gasteiger partial charge on any atom is 0.252 e. The number of nitrogens with one attached hydrogen (secondary N) is 1. The van der Waals surface area contributed by atoms with Gasteiger partial charge in [-0.3, -0.25) is 4.79 Å². The number of carbonyl (C=O) groups excluding carboxylic acids is 1. The van der Waals surface area contributed by atoms with Crippen LogP contribution in [0.5, 0.6) is 0 Å². The van der Waals surface area contributed by atoms with Gasteiger partial charge in [-0.1, -0.05) is 39.1 Å². The van der Waals surface area contributed by atoms with E-state index in [1.54, 1.807) is 6.92 Å². The van der Waals surface area contributed by atoms with Crippen LogP contribution in [-0.4, -0.2) is 31.1 Å². The number of aromatic nitrogens is 5. The second-order valence-corrected chi connectivity index (χ2v) is 6.85. The van der Waals surface area contributed by atoms with Crippen molar-refractivity contribution in [3.8, 4) is 11.4 Å². The maximum absolute atomic E-state index is 12.4. The zero-order valence-electron chi connectivity index (χ0n) is 12.8. The first-order valence-electron chi connectivity index (χ1n) is 7.11. The van der Waals surface area contributed by atoms with E-state index in [-0.39, 0.29) is 16.7 Å². The summed E-state index contributed by atoms with van der Waals surface area (Å²) >= 11 is 15.2. The van der Waals surface area contributed by atoms with Crippen LogP contribution in [0.2, 0.25) is 10.0 Å². The first kappa shape index (κ1) is 17.8. The second-order valence-electron chi connectivity index (χ2n) is 5.09. The van der Waals surface area contributed by atoms with Crippen LogP contribution in [-0.2, 0) is 4.79 Å². The number of pyridine rings is 1. The van der Waals surface area contributed by atoms with Crippen molar-refractivity contribution >= 4 is 50.9 Å². The fraction of sp³-hybridized carbons (Fsp3) is 0.133. The highest BCUT2D eigenvalue weighted by molar-refractivity contribution is 9.10. The summed E-state index contributed by atoms with van der Waals surface area (Å²) in [6.07, 6.45) is 1.40. The molecule has 0 aliphatic carbocycles. The van der Waals surface area contributed by atoms with Crippen LogP contribution in [0.3, 0.4) is 0 Å². The molecule has 1 atom stereocenters. The van der Waals surface area contributed by atoms with E-state index < -0.39 is 6.04 Å². The Morgan fingerprint density at radius 3 is 2.68 bits per heavy atom. The highest BCUT2D eigenvalue weighted by atomic mass is 79.9. The van der Waals surface area contributed by atoms with Crippen molar-refractivity contribution in [2.75, 3.05) is 5.32 Å². The molecule has 25 heavy (non-hydrogen) atoms. The van der Waals surface area contributed by atoms with Crippen LogP contribution in [0.25, 0.3) is 11.4 Å². The minimum absolute atomic E-state index is 0.219. The number of carbonyl (C=O) groups is 1. The quantitative estimate of drug-likeness (QED) is 0.661. The smallest absolute Gasteiger partial charge is 0.252 e. The van der Waals surface area contributed by atoms with Crippen molar-refractivity contribution < 1.29 is 4.79 Å². The highest BCUT2D eigenvalue weighted by Crippen LogP contribution is 2.23. The van der Waals surface area contributed by atoms with Crippen molar-refractivity contribution in [3.05, 3.63) is 51.0 Å². The summed E-state index contributed by atoms with van der Waals surface area (Å²) in [4.78, 5) is 17.6. The molecule has 1 amide bonds. The molecule has 3 aromatic rings. The molecule has 3 rings (SSSR count). The number of hydrogen-bond acceptors (Lipinski definition) is 5. The number of hydrogen-bond donors (Lipinski definition) is 1. The third kappa shape index (κ3) is 4.15. The summed E-state index contributed by atoms with van der Waals surface area (Å²) in [6.45, 7) is 1.65. The molecule has 1 N–H and O–H groups in total. The van der Waals surface area contributed by atoms with Gasteiger partial charge in [0.1, 0.15) is 6.04 Å². The molecule has 0 saturated heterocycles. The van der Waals surface area contributed by atoms with Gasteiger partial charge < -0.3 is 5.32 Å². The Hall–Kier alpha value is -2.03. The molecule has 0 radical (unpaired) electrons. The number of nitrogens with zero attached hydrogens (tertiary/aromatic N) is 5. The fourth-order valence-corrected chi connectivity index (χ4v) is 2.63. The minimum atomic E-state index is -0.703. The molecule has 7 nitrogen and oxygen atoms in total. The zero-order valence-corrected chi connectivity index (χ0v) is 15.9. The molecule has 2 heterocycles. The Morgan fingerprint density at radius 1 is 1.28 bits per heavy atom. The van der Waals surface area contributed by atoms with Gasteiger partial charge in [-0.05, 0) is 42.5 Å². The van der Waals surface area contributed by atoms with Gasteiger partial charge >= 0.3 is 0 Å². The average molecular weight is 442 g/mol. The fourth-order valence-electron chi connectivity index (χ4n) is 1.94. The summed E-state index contributed by atoms with van der Waals surface area (Å²) in [5.74, 6) is 0.266. The summed E-state index contributed by atoms with van der Waals surface area (Å²) in [7, 11) is 0. The number of amides is 1. The van der Waals surface area contributed by atoms with Crippen molar-refractivity contribution in [3.63, 3.8) is 0 Å². The lowest BCUT2D eigenvalue weighted by molar-refractivity contribution is -0.119. The molecule has 0 saturated carbocycles. The van der Waals surface area contributed by atoms with Crippen LogP contribution in [0.15, 0.2) is 41.0 Å². The lowest BCUT2D eigenvalue weighted by Crippen LogP contribution is -2.26. The second kappa shape index (κ2) is 7.47. The lowest BCUT2D eigenvalue weighted by Gasteiger charge is -2.11. The number of anilines is 1. The average Bonchev–Trinajstić information content (AvgIpc) is 3.07. The number of halogens is 3. The van der Waals surface area contributed by atoms with Crippen molar-refractivity contribution in [1.82, 2.24) is 25.2 Å². The predicted octanol–water partition coefficient (Wildman–Crippen LogP) is 4.00. The topological polar surface area (TPSA) is 85.6 Å². The van der Waals surface area contributed by atoms with Crippen molar-refractivity contribution in [2.24, 2.45) is 0 Å². The normalized spacial score (nSPS) is 12.0. The molecule has 2 aromatic heterocycles. The SMILES string of the molecule is C[C@H](C(=O)Nc1ncc(Cl)cc1Cl)n1nnc(-c2ccc(Br)cc2)n1. The summed E-state index contributed by atoms with van der Waals surface area (Å²) in [5, 5.41) is 15.4. The molecule has 128 valence electrons. The largest absolute Gasteiger partial charge is 0.308 e. The molecular formula is C15H11BrCl2N6O. The molecule has 0 spiro atoms. The standard InChI is InChI=1S/C15H11BrCl2N6O/c1-8(15(25)20-14-12(18)6-11(17)7-19-14)24-22-13(21-23-24)9-2-4-10(16)5-3-9/h2-8H,1H3,(H,19,20,25)/t8-/m1/s1. The lowest BCUT2D eigenvalue weighted by atomic mass is 10.2. The maximum atomic E-state index is 12.4. The van der Waals surface area contributed by atoms with Crippen LogP contribution < -0.4 is 5.32 Å². The monoisotopic (exact) mass is 440 g/mol. The number of rotatable bonds is 4. The van der Waals surface area contributed by atoms with Gasteiger partial charge in [0.25, 0.3) is 5.91 Å². The van der Waals surface area contributed by atoms with Gasteiger partial charge in [0, 0.05) is 16.2 Å². The summed E-state index contributed by atoms with van der Waals surface area (Å²) in [6, 6.07) is 8.25. The van der Waals surface area contributed by atoms with Crippen LogP contribution in [0.1, 0.15) is 13.0 Å². The molecule has 0 fully saturated rings. The summed E-state index contributed by atoms with van der Waals surface area (Å²) in [5.41, 5.74) is 0.796. The molecule has 10 heteroatoms. The van der Waals surface area contributed by atoms with E-state index >= 15 is 0 Å². The van der Waals surface area contributed by atoms with E-state index in [1.807, 2.05) is 24.3 Å². The van der Waals surface area contributed by atoms with Crippen LogP contribution >= 0.6 is 39.1 Å². The molecule has 0 unspecified atom stereocenters. The first-order chi connectivity index (χ1) is 11.9. The predicted molar refractivity (Wildman–Crippen MR) is 98.6 cm³/mol. The third-order valence-electron chi connectivity index (χ3n) is 3.31. The van der Waals surface area contributed by atoms with E-state index in [4.69, 9.17) is 23.2 Å². The van der Waals surface area contributed by atoms with Crippen LogP contribution in [0, 0.1) is 0 Å². The zero-order chi connectivity index (χ0) is 18.0. The molecular weight excluding hydrogens is 431 g/mol. The Labute approximate surface area is 161 Å². The number of benzene rings is 1. The van der Waals surface area contributed by atoms with Gasteiger partial charge in [-0.15, -0.1) is 10.2 Å². The molecule has 1 aromatic carbocycles. The minimum Gasteiger partial charge on any atom is -0.308 e. The van der Waals surface area contributed by atoms with Crippen molar-refractivity contribution in [2.45, 2.75) is 13.0 Å². The van der Waals surface area contributed by atoms with Crippen LogP contribution in [0.4, 0.5) is 5.82 Å². The Kier molecular flexibility index (Phi) is 5.31. The first-order valence-corrected chi connectivity index (χ1v) is 8.66. The molecule has 0 aliphatic heterocycles. The van der Waals surface area contributed by atoms with E-state index in [0.717, 1.165) is 10.0 Å². The highest BCUT2D eigenvalue weighted by Gasteiger charge is 2.20. The van der Waals surface area contributed by atoms with Crippen molar-refractivity contribution in [1.29, 1.82) is 0 Å². The van der Waals surface area contributed by atoms with Gasteiger partial charge in [-0.2, -0.15) is 4.80 Å². The van der Waals surface area contributed by atoms with E-state index in [0.29, 0.717) is 10.8 Å². The van der Waals surface area contributed by atoms with Gasteiger partial charge in [0.15, 0.2) is 5.82 Å². The number of tetrazole rings is 1. The Morgan fingerprint density at radius 2 is 2.00 bits per heavy atom. The van der Waals surface area contributed by atoms with E-state index in [1.165, 1.54) is 17.1 Å².